The van der Waals surface area contributed by atoms with Gasteiger partial charge in [0.15, 0.2) is 0 Å². The molecule has 0 amide bonds. The predicted molar refractivity (Wildman–Crippen MR) is 44.6 cm³/mol. The van der Waals surface area contributed by atoms with Crippen molar-refractivity contribution in [3.05, 3.63) is 16.7 Å². The van der Waals surface area contributed by atoms with Gasteiger partial charge in [-0.1, -0.05) is 0 Å². The number of aromatic nitrogens is 1. The Morgan fingerprint density at radius 1 is 1.58 bits per heavy atom. The van der Waals surface area contributed by atoms with Crippen LogP contribution in [-0.2, 0) is 10.2 Å². The number of hydrogen-bond donors (Lipinski definition) is 1. The summed E-state index contributed by atoms with van der Waals surface area (Å²) >= 11 is 2.94. The molecule has 0 spiro atoms. The first-order valence-corrected chi connectivity index (χ1v) is 4.94. The van der Waals surface area contributed by atoms with Crippen LogP contribution in [0.2, 0.25) is 0 Å². The third-order valence-electron chi connectivity index (χ3n) is 1.11. The highest BCUT2D eigenvalue weighted by atomic mass is 79.9. The first kappa shape index (κ1) is 9.40. The molecule has 0 bridgehead atoms. The zero-order chi connectivity index (χ0) is 9.35. The molecule has 0 unspecified atom stereocenters. The lowest BCUT2D eigenvalue weighted by Crippen LogP contribution is -2.00. The molecule has 4 nitrogen and oxygen atoms in total. The molecular formula is C5H4BrFN2O2S. The van der Waals surface area contributed by atoms with Crippen molar-refractivity contribution in [1.82, 2.24) is 4.98 Å². The van der Waals surface area contributed by atoms with Gasteiger partial charge >= 0.3 is 10.2 Å². The quantitative estimate of drug-likeness (QED) is 0.762. The van der Waals surface area contributed by atoms with Crippen LogP contribution < -0.4 is 5.73 Å². The van der Waals surface area contributed by atoms with Crippen LogP contribution in [0.25, 0.3) is 0 Å². The summed E-state index contributed by atoms with van der Waals surface area (Å²) in [6.07, 6.45) is 1.28. The Hall–Kier alpha value is -0.690. The molecule has 12 heavy (non-hydrogen) atoms. The average molecular weight is 255 g/mol. The van der Waals surface area contributed by atoms with E-state index in [0.29, 0.717) is 4.47 Å². The van der Waals surface area contributed by atoms with Gasteiger partial charge in [0.1, 0.15) is 10.7 Å². The van der Waals surface area contributed by atoms with Crippen molar-refractivity contribution in [2.45, 2.75) is 4.90 Å². The summed E-state index contributed by atoms with van der Waals surface area (Å²) < 4.78 is 33.5. The second-order valence-electron chi connectivity index (χ2n) is 1.97. The normalized spacial score (nSPS) is 11.5. The Bertz CT molecular complexity index is 406. The summed E-state index contributed by atoms with van der Waals surface area (Å²) in [7, 11) is -4.77. The topological polar surface area (TPSA) is 73.0 Å². The van der Waals surface area contributed by atoms with Crippen LogP contribution in [-0.4, -0.2) is 13.4 Å². The minimum Gasteiger partial charge on any atom is -0.383 e. The van der Waals surface area contributed by atoms with Crippen LogP contribution in [0.3, 0.4) is 0 Å². The lowest BCUT2D eigenvalue weighted by Gasteiger charge is -1.98. The van der Waals surface area contributed by atoms with Gasteiger partial charge in [-0.05, 0) is 22.0 Å². The van der Waals surface area contributed by atoms with E-state index in [9.17, 15) is 12.3 Å². The van der Waals surface area contributed by atoms with Crippen molar-refractivity contribution in [3.63, 3.8) is 0 Å². The highest BCUT2D eigenvalue weighted by Gasteiger charge is 2.16. The fourth-order valence-corrected chi connectivity index (χ4v) is 1.68. The minimum atomic E-state index is -4.77. The maximum Gasteiger partial charge on any atom is 0.335 e. The average Bonchev–Trinajstić information content (AvgIpc) is 1.92. The van der Waals surface area contributed by atoms with E-state index in [0.717, 1.165) is 6.07 Å². The number of nitrogens with two attached hydrogens (primary N) is 1. The van der Waals surface area contributed by atoms with E-state index in [2.05, 4.69) is 20.9 Å². The molecule has 1 aromatic heterocycles. The van der Waals surface area contributed by atoms with Crippen molar-refractivity contribution in [2.75, 3.05) is 5.73 Å². The standard InChI is InChI=1S/C5H4BrFN2O2S/c6-3-1-4(12(7,10)11)5(8)9-2-3/h1-2H,(H2,8,9). The molecular weight excluding hydrogens is 251 g/mol. The molecule has 66 valence electrons. The van der Waals surface area contributed by atoms with Crippen molar-refractivity contribution < 1.29 is 12.3 Å². The summed E-state index contributed by atoms with van der Waals surface area (Å²) in [5.41, 5.74) is 5.12. The Labute approximate surface area is 76.9 Å². The van der Waals surface area contributed by atoms with Crippen molar-refractivity contribution in [2.24, 2.45) is 0 Å². The first-order valence-electron chi connectivity index (χ1n) is 2.77. The van der Waals surface area contributed by atoms with Crippen LogP contribution >= 0.6 is 15.9 Å². The van der Waals surface area contributed by atoms with Gasteiger partial charge in [0.25, 0.3) is 0 Å². The molecule has 2 N–H and O–H groups in total. The summed E-state index contributed by atoms with van der Waals surface area (Å²) in [5.74, 6) is -0.347. The SMILES string of the molecule is Nc1ncc(Br)cc1S(=O)(=O)F. The highest BCUT2D eigenvalue weighted by Crippen LogP contribution is 2.21. The number of hydrogen-bond acceptors (Lipinski definition) is 4. The number of anilines is 1. The lowest BCUT2D eigenvalue weighted by atomic mass is 10.5. The van der Waals surface area contributed by atoms with Crippen molar-refractivity contribution >= 4 is 32.0 Å². The molecule has 1 aromatic rings. The molecule has 7 heteroatoms. The van der Waals surface area contributed by atoms with Gasteiger partial charge < -0.3 is 5.73 Å². The number of halogens is 2. The molecule has 1 rings (SSSR count). The second-order valence-corrected chi connectivity index (χ2v) is 4.21. The first-order chi connectivity index (χ1) is 5.41. The monoisotopic (exact) mass is 254 g/mol. The van der Waals surface area contributed by atoms with Crippen molar-refractivity contribution in [3.8, 4) is 0 Å². The summed E-state index contributed by atoms with van der Waals surface area (Å²) in [6, 6.07) is 1.05. The van der Waals surface area contributed by atoms with E-state index in [4.69, 9.17) is 5.73 Å². The Kier molecular flexibility index (Phi) is 2.34. The highest BCUT2D eigenvalue weighted by molar-refractivity contribution is 9.10. The summed E-state index contributed by atoms with van der Waals surface area (Å²) in [5, 5.41) is 0. The molecule has 0 fully saturated rings. The molecule has 0 saturated carbocycles. The van der Waals surface area contributed by atoms with Gasteiger partial charge in [0.2, 0.25) is 0 Å². The largest absolute Gasteiger partial charge is 0.383 e. The molecule has 0 radical (unpaired) electrons. The third kappa shape index (κ3) is 1.92. The summed E-state index contributed by atoms with van der Waals surface area (Å²) in [6.45, 7) is 0. The van der Waals surface area contributed by atoms with Gasteiger partial charge in [-0.3, -0.25) is 0 Å². The summed E-state index contributed by atoms with van der Waals surface area (Å²) in [4.78, 5) is 2.84. The lowest BCUT2D eigenvalue weighted by molar-refractivity contribution is 0.552. The Morgan fingerprint density at radius 2 is 2.17 bits per heavy atom. The Balaban J connectivity index is 3.43. The smallest absolute Gasteiger partial charge is 0.335 e. The van der Waals surface area contributed by atoms with E-state index < -0.39 is 15.1 Å². The number of pyridine rings is 1. The second kappa shape index (κ2) is 2.98. The van der Waals surface area contributed by atoms with Crippen LogP contribution in [0, 0.1) is 0 Å². The molecule has 1 heterocycles. The fourth-order valence-electron chi connectivity index (χ4n) is 0.627. The zero-order valence-corrected chi connectivity index (χ0v) is 8.06. The molecule has 0 atom stereocenters. The zero-order valence-electron chi connectivity index (χ0n) is 5.66. The van der Waals surface area contributed by atoms with Crippen molar-refractivity contribution in [1.29, 1.82) is 0 Å². The molecule has 0 aromatic carbocycles. The Morgan fingerprint density at radius 3 is 2.58 bits per heavy atom. The van der Waals surface area contributed by atoms with E-state index in [-0.39, 0.29) is 5.82 Å². The van der Waals surface area contributed by atoms with E-state index in [1.165, 1.54) is 6.20 Å². The van der Waals surface area contributed by atoms with Crippen LogP contribution in [0.4, 0.5) is 9.70 Å². The maximum absolute atomic E-state index is 12.4. The molecule has 0 aliphatic carbocycles. The third-order valence-corrected chi connectivity index (χ3v) is 2.40. The van der Waals surface area contributed by atoms with Gasteiger partial charge in [0.05, 0.1) is 0 Å². The number of rotatable bonds is 1. The minimum absolute atomic E-state index is 0.347. The van der Waals surface area contributed by atoms with Crippen LogP contribution in [0.1, 0.15) is 0 Å². The molecule has 0 saturated heterocycles. The van der Waals surface area contributed by atoms with E-state index in [1.807, 2.05) is 0 Å². The van der Waals surface area contributed by atoms with E-state index in [1.54, 1.807) is 0 Å². The van der Waals surface area contributed by atoms with Gasteiger partial charge in [-0.15, -0.1) is 3.89 Å². The maximum atomic E-state index is 12.4. The van der Waals surface area contributed by atoms with Gasteiger partial charge in [-0.25, -0.2) is 4.98 Å². The van der Waals surface area contributed by atoms with Gasteiger partial charge in [-0.2, -0.15) is 8.42 Å². The van der Waals surface area contributed by atoms with Crippen LogP contribution in [0.5, 0.6) is 0 Å². The van der Waals surface area contributed by atoms with Crippen LogP contribution in [0.15, 0.2) is 21.6 Å². The fraction of sp³-hybridized carbons (Fsp3) is 0. The molecule has 0 aliphatic heterocycles. The molecule has 0 aliphatic rings. The predicted octanol–water partition coefficient (Wildman–Crippen LogP) is 1.08. The van der Waals surface area contributed by atoms with E-state index >= 15 is 0 Å². The number of nitrogens with zero attached hydrogens (tertiary/aromatic N) is 1. The van der Waals surface area contributed by atoms with Gasteiger partial charge in [0, 0.05) is 10.7 Å². The number of nitrogen functional groups attached to an aromatic ring is 1.